The Balaban J connectivity index is 2.75. The molecule has 0 saturated heterocycles. The Morgan fingerprint density at radius 3 is 2.44 bits per heavy atom. The molecule has 1 amide bonds. The molecule has 0 aliphatic carbocycles. The number of hydrogen-bond acceptors (Lipinski definition) is 2. The quantitative estimate of drug-likeness (QED) is 0.798. The fraction of sp³-hybridized carbons (Fsp3) is 0.300. The van der Waals surface area contributed by atoms with E-state index in [1.165, 1.54) is 0 Å². The molecule has 0 heterocycles. The van der Waals surface area contributed by atoms with E-state index in [0.29, 0.717) is 5.56 Å². The second-order valence-corrected chi connectivity index (χ2v) is 3.59. The van der Waals surface area contributed by atoms with Crippen molar-refractivity contribution in [1.29, 1.82) is 0 Å². The summed E-state index contributed by atoms with van der Waals surface area (Å²) in [6, 6.07) is 7.39. The molecule has 1 atom stereocenters. The van der Waals surface area contributed by atoms with Crippen molar-refractivity contribution >= 4 is 17.5 Å². The van der Waals surface area contributed by atoms with Crippen molar-refractivity contribution in [3.63, 3.8) is 0 Å². The van der Waals surface area contributed by atoms with Crippen LogP contribution in [0.4, 0.5) is 8.78 Å². The summed E-state index contributed by atoms with van der Waals surface area (Å²) in [6.45, 7) is -0.483. The van der Waals surface area contributed by atoms with E-state index in [9.17, 15) is 13.6 Å². The van der Waals surface area contributed by atoms with E-state index < -0.39 is 23.9 Å². The zero-order valence-corrected chi connectivity index (χ0v) is 8.92. The van der Waals surface area contributed by atoms with E-state index in [0.717, 1.165) is 0 Å². The van der Waals surface area contributed by atoms with E-state index in [-0.39, 0.29) is 0 Å². The summed E-state index contributed by atoms with van der Waals surface area (Å²) in [5.74, 6) is -1.63. The number of rotatable bonds is 4. The maximum absolute atomic E-state index is 12.4. The maximum atomic E-state index is 12.4. The van der Waals surface area contributed by atoms with Gasteiger partial charge in [-0.05, 0) is 17.2 Å². The Labute approximate surface area is 96.0 Å². The fourth-order valence-corrected chi connectivity index (χ4v) is 1.21. The van der Waals surface area contributed by atoms with Crippen LogP contribution < -0.4 is 5.32 Å². The van der Waals surface area contributed by atoms with Gasteiger partial charge in [-0.2, -0.15) is 8.78 Å². The first-order chi connectivity index (χ1) is 7.45. The molecule has 0 aliphatic rings. The molecule has 3 nitrogen and oxygen atoms in total. The molecule has 1 aromatic carbocycles. The predicted octanol–water partition coefficient (Wildman–Crippen LogP) is 1.67. The number of alkyl halides is 3. The summed E-state index contributed by atoms with van der Waals surface area (Å²) < 4.78 is 24.8. The van der Waals surface area contributed by atoms with Crippen LogP contribution >= 0.6 is 11.6 Å². The van der Waals surface area contributed by atoms with E-state index in [4.69, 9.17) is 5.11 Å². The summed E-state index contributed by atoms with van der Waals surface area (Å²) in [6.07, 6.45) is 0. The molecule has 16 heavy (non-hydrogen) atoms. The van der Waals surface area contributed by atoms with Crippen molar-refractivity contribution in [3.8, 4) is 0 Å². The summed E-state index contributed by atoms with van der Waals surface area (Å²) >= 11 is 4.55. The topological polar surface area (TPSA) is 49.3 Å². The number of aliphatic hydroxyl groups excluding tert-OH is 1. The summed E-state index contributed by atoms with van der Waals surface area (Å²) in [7, 11) is 0. The third-order valence-corrected chi connectivity index (χ3v) is 2.12. The highest BCUT2D eigenvalue weighted by molar-refractivity contribution is 6.32. The Bertz CT molecular complexity index is 354. The number of halogens is 3. The van der Waals surface area contributed by atoms with Crippen LogP contribution in [-0.4, -0.2) is 23.0 Å². The molecule has 0 spiro atoms. The zero-order chi connectivity index (χ0) is 12.2. The Hall–Kier alpha value is -1.20. The van der Waals surface area contributed by atoms with Crippen LogP contribution in [0.25, 0.3) is 0 Å². The third-order valence-electron chi connectivity index (χ3n) is 1.95. The maximum Gasteiger partial charge on any atom is 0.399 e. The number of benzene rings is 1. The SMILES string of the molecule is O=C(N[C@@H](CO)c1ccccc1)C(F)(F)Cl. The molecule has 0 aromatic heterocycles. The first-order valence-electron chi connectivity index (χ1n) is 4.48. The number of nitrogens with one attached hydrogen (secondary N) is 1. The lowest BCUT2D eigenvalue weighted by Crippen LogP contribution is -2.39. The van der Waals surface area contributed by atoms with Crippen molar-refractivity contribution < 1.29 is 18.7 Å². The van der Waals surface area contributed by atoms with Gasteiger partial charge in [0, 0.05) is 0 Å². The number of carbonyl (C=O) groups excluding carboxylic acids is 1. The molecule has 1 aromatic rings. The van der Waals surface area contributed by atoms with Gasteiger partial charge in [0.15, 0.2) is 0 Å². The van der Waals surface area contributed by atoms with Gasteiger partial charge in [0.25, 0.3) is 0 Å². The first kappa shape index (κ1) is 12.9. The predicted molar refractivity (Wildman–Crippen MR) is 55.2 cm³/mol. The van der Waals surface area contributed by atoms with Crippen LogP contribution in [0.2, 0.25) is 0 Å². The van der Waals surface area contributed by atoms with Crippen molar-refractivity contribution in [2.24, 2.45) is 0 Å². The number of aliphatic hydroxyl groups is 1. The second-order valence-electron chi connectivity index (χ2n) is 3.12. The van der Waals surface area contributed by atoms with Gasteiger partial charge in [-0.3, -0.25) is 4.79 Å². The van der Waals surface area contributed by atoms with Gasteiger partial charge in [-0.1, -0.05) is 30.3 Å². The fourth-order valence-electron chi connectivity index (χ4n) is 1.16. The molecular weight excluding hydrogens is 240 g/mol. The largest absolute Gasteiger partial charge is 0.399 e. The van der Waals surface area contributed by atoms with Crippen LogP contribution in [0, 0.1) is 0 Å². The van der Waals surface area contributed by atoms with E-state index in [2.05, 4.69) is 11.6 Å². The minimum atomic E-state index is -3.97. The lowest BCUT2D eigenvalue weighted by Gasteiger charge is -2.18. The van der Waals surface area contributed by atoms with Crippen LogP contribution in [0.3, 0.4) is 0 Å². The molecular formula is C10H10ClF2NO2. The highest BCUT2D eigenvalue weighted by atomic mass is 35.5. The van der Waals surface area contributed by atoms with Crippen molar-refractivity contribution in [2.45, 2.75) is 11.4 Å². The minimum absolute atomic E-state index is 0.483. The summed E-state index contributed by atoms with van der Waals surface area (Å²) in [5, 5.41) is 6.97. The highest BCUT2D eigenvalue weighted by Crippen LogP contribution is 2.21. The first-order valence-corrected chi connectivity index (χ1v) is 4.86. The average Bonchev–Trinajstić information content (AvgIpc) is 2.25. The standard InChI is InChI=1S/C10H10ClF2NO2/c11-10(12,13)9(16)14-8(6-15)7-4-2-1-3-5-7/h1-5,8,15H,6H2,(H,14,16)/t8-/m0/s1. The van der Waals surface area contributed by atoms with Crippen LogP contribution in [0.15, 0.2) is 30.3 Å². The second kappa shape index (κ2) is 5.23. The molecule has 0 unspecified atom stereocenters. The van der Waals surface area contributed by atoms with Crippen molar-refractivity contribution in [2.75, 3.05) is 6.61 Å². The number of hydrogen-bond donors (Lipinski definition) is 2. The van der Waals surface area contributed by atoms with Gasteiger partial charge in [0.1, 0.15) is 0 Å². The monoisotopic (exact) mass is 249 g/mol. The average molecular weight is 250 g/mol. The Morgan fingerprint density at radius 2 is 2.00 bits per heavy atom. The normalized spacial score (nSPS) is 13.2. The third kappa shape index (κ3) is 3.43. The van der Waals surface area contributed by atoms with E-state index in [1.807, 2.05) is 5.32 Å². The zero-order valence-electron chi connectivity index (χ0n) is 8.16. The highest BCUT2D eigenvalue weighted by Gasteiger charge is 2.37. The molecule has 88 valence electrons. The summed E-state index contributed by atoms with van der Waals surface area (Å²) in [4.78, 5) is 10.9. The van der Waals surface area contributed by atoms with Crippen molar-refractivity contribution in [3.05, 3.63) is 35.9 Å². The minimum Gasteiger partial charge on any atom is -0.394 e. The number of carbonyl (C=O) groups is 1. The Kier molecular flexibility index (Phi) is 4.20. The van der Waals surface area contributed by atoms with Gasteiger partial charge in [-0.25, -0.2) is 0 Å². The lowest BCUT2D eigenvalue weighted by atomic mass is 10.1. The lowest BCUT2D eigenvalue weighted by molar-refractivity contribution is -0.136. The molecule has 0 saturated carbocycles. The molecule has 2 N–H and O–H groups in total. The van der Waals surface area contributed by atoms with Crippen molar-refractivity contribution in [1.82, 2.24) is 5.32 Å². The van der Waals surface area contributed by atoms with Gasteiger partial charge in [-0.15, -0.1) is 0 Å². The smallest absolute Gasteiger partial charge is 0.394 e. The van der Waals surface area contributed by atoms with Gasteiger partial charge in [0.2, 0.25) is 0 Å². The van der Waals surface area contributed by atoms with Crippen LogP contribution in [-0.2, 0) is 4.79 Å². The van der Waals surface area contributed by atoms with Gasteiger partial charge in [0.05, 0.1) is 12.6 Å². The number of amides is 1. The molecule has 6 heteroatoms. The van der Waals surface area contributed by atoms with E-state index >= 15 is 0 Å². The molecule has 0 aliphatic heterocycles. The van der Waals surface area contributed by atoms with Gasteiger partial charge < -0.3 is 10.4 Å². The Morgan fingerprint density at radius 1 is 1.44 bits per heavy atom. The molecule has 1 rings (SSSR count). The van der Waals surface area contributed by atoms with Crippen LogP contribution in [0.5, 0.6) is 0 Å². The molecule has 0 bridgehead atoms. The van der Waals surface area contributed by atoms with Crippen LogP contribution in [0.1, 0.15) is 11.6 Å². The summed E-state index contributed by atoms with van der Waals surface area (Å²) in [5.41, 5.74) is 0.527. The molecule has 0 fully saturated rings. The molecule has 0 radical (unpaired) electrons. The van der Waals surface area contributed by atoms with Gasteiger partial charge >= 0.3 is 11.3 Å². The van der Waals surface area contributed by atoms with E-state index in [1.54, 1.807) is 30.3 Å².